The Hall–Kier alpha value is -1.49. The van der Waals surface area contributed by atoms with E-state index < -0.39 is 42.4 Å². The molecule has 32 heavy (non-hydrogen) atoms. The van der Waals surface area contributed by atoms with Gasteiger partial charge in [0, 0.05) is 24.4 Å². The van der Waals surface area contributed by atoms with E-state index in [0.717, 1.165) is 0 Å². The van der Waals surface area contributed by atoms with Gasteiger partial charge < -0.3 is 5.32 Å². The van der Waals surface area contributed by atoms with Crippen LogP contribution in [0.1, 0.15) is 59.3 Å². The molecule has 3 fully saturated rings. The first-order valence-electron chi connectivity index (χ1n) is 11.3. The Labute approximate surface area is 185 Å². The Kier molecular flexibility index (Phi) is 7.69. The van der Waals surface area contributed by atoms with Crippen molar-refractivity contribution in [3.63, 3.8) is 0 Å². The number of hydrogen-bond acceptors (Lipinski definition) is 4. The van der Waals surface area contributed by atoms with E-state index in [1.807, 2.05) is 20.8 Å². The number of hydrogen-bond donors (Lipinski definition) is 4. The Morgan fingerprint density at radius 2 is 1.72 bits per heavy atom. The fraction of sp³-hybridized carbons (Fsp3) is 0.905. The van der Waals surface area contributed by atoms with E-state index in [-0.39, 0.29) is 55.4 Å². The van der Waals surface area contributed by atoms with Crippen molar-refractivity contribution in [1.29, 1.82) is 0 Å². The minimum absolute atomic E-state index is 0.0160. The number of hydrazine groups is 1. The number of aliphatic imine (C=N–C) groups is 1. The number of guanidine groups is 1. The van der Waals surface area contributed by atoms with Crippen LogP contribution in [-0.4, -0.2) is 49.1 Å². The van der Waals surface area contributed by atoms with Gasteiger partial charge in [0.05, 0.1) is 12.1 Å². The maximum absolute atomic E-state index is 13.8. The van der Waals surface area contributed by atoms with E-state index in [4.69, 9.17) is 0 Å². The summed E-state index contributed by atoms with van der Waals surface area (Å²) in [5.41, 5.74) is 5.85. The smallest absolute Gasteiger partial charge is 0.339 e. The molecule has 6 nitrogen and oxygen atoms in total. The number of rotatable bonds is 3. The lowest BCUT2D eigenvalue weighted by atomic mass is 9.77. The zero-order chi connectivity index (χ0) is 23.7. The first-order chi connectivity index (χ1) is 14.8. The van der Waals surface area contributed by atoms with Crippen LogP contribution in [0.4, 0.5) is 22.0 Å². The number of nitrogens with zero attached hydrogens (tertiary/aromatic N) is 1. The quantitative estimate of drug-likeness (QED) is 0.292. The highest BCUT2D eigenvalue weighted by Crippen LogP contribution is 2.42. The van der Waals surface area contributed by atoms with Crippen LogP contribution in [-0.2, 0) is 4.79 Å². The summed E-state index contributed by atoms with van der Waals surface area (Å²) in [4.78, 5) is 17.2. The van der Waals surface area contributed by atoms with Crippen molar-refractivity contribution in [2.24, 2.45) is 28.2 Å². The van der Waals surface area contributed by atoms with Crippen LogP contribution in [0.3, 0.4) is 0 Å². The summed E-state index contributed by atoms with van der Waals surface area (Å²) in [6, 6.07) is -0.113. The maximum atomic E-state index is 13.8. The highest BCUT2D eigenvalue weighted by Gasteiger charge is 2.49. The summed E-state index contributed by atoms with van der Waals surface area (Å²) in [6.45, 7) is 6.25. The highest BCUT2D eigenvalue weighted by atomic mass is 19.4. The van der Waals surface area contributed by atoms with Gasteiger partial charge in [-0.25, -0.2) is 14.2 Å². The fourth-order valence-electron chi connectivity index (χ4n) is 4.62. The second-order valence-corrected chi connectivity index (χ2v) is 10.5. The van der Waals surface area contributed by atoms with E-state index in [9.17, 15) is 26.7 Å². The molecular formula is C21H34F5N5O. The average molecular weight is 468 g/mol. The molecule has 0 spiro atoms. The van der Waals surface area contributed by atoms with Gasteiger partial charge in [-0.3, -0.25) is 20.5 Å². The number of carbonyl (C=O) groups excluding carboxylic acids is 1. The zero-order valence-electron chi connectivity index (χ0n) is 18.7. The van der Waals surface area contributed by atoms with Crippen molar-refractivity contribution < 1.29 is 26.7 Å². The molecule has 4 N–H and O–H groups in total. The maximum Gasteiger partial charge on any atom is 0.391 e. The van der Waals surface area contributed by atoms with Crippen molar-refractivity contribution >= 4 is 11.9 Å². The molecule has 0 aromatic heterocycles. The predicted molar refractivity (Wildman–Crippen MR) is 111 cm³/mol. The third-order valence-electron chi connectivity index (χ3n) is 6.52. The lowest BCUT2D eigenvalue weighted by molar-refractivity contribution is -0.186. The van der Waals surface area contributed by atoms with Crippen LogP contribution in [0.15, 0.2) is 4.99 Å². The van der Waals surface area contributed by atoms with Crippen molar-refractivity contribution in [2.45, 2.75) is 90.0 Å². The standard InChI is InChI=1S/C21H34F5N5O/c1-20(2,3)10-27-19(29-18(32)11-4-6-14(22)15(23)8-11)28-17-13-9-12(21(24,25)26)5-7-16(13)30-31-17/h11-17,30-31H,4-10H2,1-3H3,(H2,27,28,29,32). The molecule has 3 rings (SSSR count). The molecule has 1 amide bonds. The van der Waals surface area contributed by atoms with E-state index in [0.29, 0.717) is 13.0 Å². The van der Waals surface area contributed by atoms with Crippen LogP contribution in [0, 0.1) is 23.2 Å². The predicted octanol–water partition coefficient (Wildman–Crippen LogP) is 3.35. The van der Waals surface area contributed by atoms with E-state index in [2.05, 4.69) is 26.5 Å². The summed E-state index contributed by atoms with van der Waals surface area (Å²) >= 11 is 0. The van der Waals surface area contributed by atoms with Crippen LogP contribution in [0.5, 0.6) is 0 Å². The van der Waals surface area contributed by atoms with Gasteiger partial charge in [0.1, 0.15) is 12.3 Å². The minimum Gasteiger partial charge on any atom is -0.339 e. The lowest BCUT2D eigenvalue weighted by Crippen LogP contribution is -2.54. The molecule has 184 valence electrons. The first-order valence-corrected chi connectivity index (χ1v) is 11.3. The van der Waals surface area contributed by atoms with Gasteiger partial charge in [0.15, 0.2) is 5.96 Å². The molecule has 1 aliphatic heterocycles. The average Bonchev–Trinajstić information content (AvgIpc) is 3.09. The molecule has 2 aliphatic carbocycles. The van der Waals surface area contributed by atoms with Crippen molar-refractivity contribution in [1.82, 2.24) is 21.5 Å². The number of alkyl halides is 5. The highest BCUT2D eigenvalue weighted by molar-refractivity contribution is 5.98. The Morgan fingerprint density at radius 1 is 1.00 bits per heavy atom. The Balaban J connectivity index is 1.68. The molecule has 0 aromatic rings. The molecular weight excluding hydrogens is 433 g/mol. The third kappa shape index (κ3) is 6.52. The number of nitrogens with one attached hydrogen (secondary N) is 4. The van der Waals surface area contributed by atoms with Gasteiger partial charge in [-0.15, -0.1) is 0 Å². The summed E-state index contributed by atoms with van der Waals surface area (Å²) in [5, 5.41) is 5.74. The number of amides is 1. The van der Waals surface area contributed by atoms with Crippen LogP contribution < -0.4 is 21.5 Å². The molecule has 0 bridgehead atoms. The van der Waals surface area contributed by atoms with Gasteiger partial charge >= 0.3 is 6.18 Å². The van der Waals surface area contributed by atoms with Gasteiger partial charge in [0.25, 0.3) is 0 Å². The van der Waals surface area contributed by atoms with E-state index >= 15 is 0 Å². The third-order valence-corrected chi connectivity index (χ3v) is 6.52. The Morgan fingerprint density at radius 3 is 2.34 bits per heavy atom. The number of carbonyl (C=O) groups is 1. The van der Waals surface area contributed by atoms with Gasteiger partial charge in [-0.05, 0) is 43.9 Å². The summed E-state index contributed by atoms with van der Waals surface area (Å²) in [6.07, 6.45) is -7.56. The summed E-state index contributed by atoms with van der Waals surface area (Å²) < 4.78 is 67.0. The number of halogens is 5. The number of fused-ring (bicyclic) bond motifs is 1. The van der Waals surface area contributed by atoms with Crippen molar-refractivity contribution in [3.05, 3.63) is 0 Å². The molecule has 1 heterocycles. The van der Waals surface area contributed by atoms with Gasteiger partial charge in [0.2, 0.25) is 5.91 Å². The molecule has 2 saturated carbocycles. The molecule has 7 atom stereocenters. The molecule has 1 saturated heterocycles. The summed E-state index contributed by atoms with van der Waals surface area (Å²) in [7, 11) is 0. The Bertz CT molecular complexity index is 695. The molecule has 0 radical (unpaired) electrons. The minimum atomic E-state index is -4.24. The van der Waals surface area contributed by atoms with Gasteiger partial charge in [-0.1, -0.05) is 20.8 Å². The topological polar surface area (TPSA) is 77.5 Å². The van der Waals surface area contributed by atoms with E-state index in [1.165, 1.54) is 0 Å². The normalized spacial score (nSPS) is 36.5. The molecule has 11 heteroatoms. The summed E-state index contributed by atoms with van der Waals surface area (Å²) in [5.74, 6) is -2.71. The first kappa shape index (κ1) is 25.1. The van der Waals surface area contributed by atoms with Crippen molar-refractivity contribution in [3.8, 4) is 0 Å². The molecule has 0 aromatic carbocycles. The SMILES string of the molecule is CC(C)(C)CN=C(NC(=O)C1CCC(F)C(F)C1)NC1NNC2CCC(C(F)(F)F)CC21. The van der Waals surface area contributed by atoms with Gasteiger partial charge in [-0.2, -0.15) is 13.2 Å². The largest absolute Gasteiger partial charge is 0.391 e. The second kappa shape index (κ2) is 9.79. The fourth-order valence-corrected chi connectivity index (χ4v) is 4.62. The van der Waals surface area contributed by atoms with Crippen LogP contribution in [0.25, 0.3) is 0 Å². The van der Waals surface area contributed by atoms with E-state index in [1.54, 1.807) is 0 Å². The zero-order valence-corrected chi connectivity index (χ0v) is 18.7. The van der Waals surface area contributed by atoms with Crippen LogP contribution >= 0.6 is 0 Å². The van der Waals surface area contributed by atoms with Crippen LogP contribution in [0.2, 0.25) is 0 Å². The molecule has 3 aliphatic rings. The second-order valence-electron chi connectivity index (χ2n) is 10.5. The molecule has 7 unspecified atom stereocenters. The monoisotopic (exact) mass is 467 g/mol. The van der Waals surface area contributed by atoms with Crippen molar-refractivity contribution in [2.75, 3.05) is 6.54 Å². The lowest BCUT2D eigenvalue weighted by Gasteiger charge is -2.34.